The molecule has 0 aromatic rings. The Balaban J connectivity index is 4.53. The number of hydrogen-bond acceptors (Lipinski definition) is 3. The second-order valence-electron chi connectivity index (χ2n) is 3.74. The summed E-state index contributed by atoms with van der Waals surface area (Å²) in [5.41, 5.74) is 0. The molecule has 3 heteroatoms. The zero-order chi connectivity index (χ0) is 15.2. The van der Waals surface area contributed by atoms with Gasteiger partial charge in [-0.15, -0.1) is 0 Å². The molecule has 0 saturated carbocycles. The molecular formula is C17H22O3. The molecule has 0 rings (SSSR count). The number of carbonyl (C=O) groups is 1. The van der Waals surface area contributed by atoms with Crippen molar-refractivity contribution in [3.05, 3.63) is 72.3 Å². The Hall–Kier alpha value is -2.29. The first-order chi connectivity index (χ1) is 9.63. The van der Waals surface area contributed by atoms with Crippen LogP contribution in [0.15, 0.2) is 72.3 Å². The van der Waals surface area contributed by atoms with Gasteiger partial charge in [-0.1, -0.05) is 42.5 Å². The third-order valence-electron chi connectivity index (χ3n) is 1.97. The van der Waals surface area contributed by atoms with E-state index in [1.54, 1.807) is 43.4 Å². The Morgan fingerprint density at radius 3 is 2.10 bits per heavy atom. The van der Waals surface area contributed by atoms with E-state index in [-0.39, 0.29) is 0 Å². The lowest BCUT2D eigenvalue weighted by Crippen LogP contribution is -2.05. The summed E-state index contributed by atoms with van der Waals surface area (Å²) in [6.07, 6.45) is 17.1. The van der Waals surface area contributed by atoms with E-state index in [4.69, 9.17) is 9.47 Å². The molecule has 20 heavy (non-hydrogen) atoms. The predicted molar refractivity (Wildman–Crippen MR) is 83.0 cm³/mol. The summed E-state index contributed by atoms with van der Waals surface area (Å²) in [7, 11) is 0. The van der Waals surface area contributed by atoms with Gasteiger partial charge in [0.15, 0.2) is 0 Å². The lowest BCUT2D eigenvalue weighted by molar-refractivity contribution is 0.105. The van der Waals surface area contributed by atoms with Gasteiger partial charge in [0.1, 0.15) is 11.5 Å². The van der Waals surface area contributed by atoms with Crippen LogP contribution in [0.25, 0.3) is 0 Å². The Bertz CT molecular complexity index is 461. The van der Waals surface area contributed by atoms with Crippen LogP contribution in [0, 0.1) is 0 Å². The minimum Gasteiger partial charge on any atom is -0.400 e. The summed E-state index contributed by atoms with van der Waals surface area (Å²) in [6.45, 7) is 7.34. The lowest BCUT2D eigenvalue weighted by Gasteiger charge is -2.05. The first-order valence-corrected chi connectivity index (χ1v) is 6.45. The molecule has 0 amide bonds. The standard InChI is InChI=1S/C17H22O3/c1-5-8-10-11-13-15(4)19-17(18)20-16(12-7-3)14-9-6-2/h5-14H,1-4H3/b8-5-,9-6-,11-10-,12-7-,15-13+,16-14+. The van der Waals surface area contributed by atoms with Crippen LogP contribution < -0.4 is 0 Å². The van der Waals surface area contributed by atoms with Gasteiger partial charge in [-0.3, -0.25) is 0 Å². The van der Waals surface area contributed by atoms with Crippen molar-refractivity contribution in [3.63, 3.8) is 0 Å². The van der Waals surface area contributed by atoms with E-state index < -0.39 is 6.16 Å². The molecule has 0 aromatic heterocycles. The normalized spacial score (nSPS) is 14.0. The van der Waals surface area contributed by atoms with Gasteiger partial charge in [-0.05, 0) is 45.9 Å². The Labute approximate surface area is 121 Å². The van der Waals surface area contributed by atoms with Crippen LogP contribution in [-0.2, 0) is 9.47 Å². The van der Waals surface area contributed by atoms with Crippen molar-refractivity contribution in [2.24, 2.45) is 0 Å². The molecule has 108 valence electrons. The van der Waals surface area contributed by atoms with E-state index in [0.29, 0.717) is 11.5 Å². The summed E-state index contributed by atoms with van der Waals surface area (Å²) in [5, 5.41) is 0. The third-order valence-corrected chi connectivity index (χ3v) is 1.97. The Kier molecular flexibility index (Phi) is 10.4. The summed E-state index contributed by atoms with van der Waals surface area (Å²) in [6, 6.07) is 0. The van der Waals surface area contributed by atoms with Crippen molar-refractivity contribution in [1.82, 2.24) is 0 Å². The number of ether oxygens (including phenoxy) is 2. The fraction of sp³-hybridized carbons (Fsp3) is 0.235. The van der Waals surface area contributed by atoms with Gasteiger partial charge in [0.2, 0.25) is 0 Å². The van der Waals surface area contributed by atoms with Gasteiger partial charge in [-0.2, -0.15) is 0 Å². The largest absolute Gasteiger partial charge is 0.519 e. The highest BCUT2D eigenvalue weighted by Crippen LogP contribution is 2.06. The minimum absolute atomic E-state index is 0.424. The second kappa shape index (κ2) is 11.8. The van der Waals surface area contributed by atoms with E-state index >= 15 is 0 Å². The highest BCUT2D eigenvalue weighted by Gasteiger charge is 2.06. The maximum atomic E-state index is 11.6. The van der Waals surface area contributed by atoms with Crippen molar-refractivity contribution >= 4 is 6.16 Å². The quantitative estimate of drug-likeness (QED) is 0.379. The van der Waals surface area contributed by atoms with E-state index in [1.807, 2.05) is 45.1 Å². The smallest absolute Gasteiger partial charge is 0.400 e. The van der Waals surface area contributed by atoms with Gasteiger partial charge < -0.3 is 9.47 Å². The van der Waals surface area contributed by atoms with Crippen molar-refractivity contribution < 1.29 is 14.3 Å². The average molecular weight is 274 g/mol. The molecule has 0 atom stereocenters. The van der Waals surface area contributed by atoms with Gasteiger partial charge in [0.05, 0.1) is 0 Å². The van der Waals surface area contributed by atoms with Crippen molar-refractivity contribution in [2.45, 2.75) is 27.7 Å². The molecule has 0 aliphatic heterocycles. The molecule has 0 unspecified atom stereocenters. The van der Waals surface area contributed by atoms with E-state index in [2.05, 4.69) is 0 Å². The highest BCUT2D eigenvalue weighted by atomic mass is 16.7. The Morgan fingerprint density at radius 2 is 1.50 bits per heavy atom. The van der Waals surface area contributed by atoms with E-state index in [9.17, 15) is 4.79 Å². The number of carbonyl (C=O) groups excluding carboxylic acids is 1. The zero-order valence-corrected chi connectivity index (χ0v) is 12.5. The fourth-order valence-electron chi connectivity index (χ4n) is 1.13. The van der Waals surface area contributed by atoms with Crippen LogP contribution in [0.1, 0.15) is 27.7 Å². The van der Waals surface area contributed by atoms with Gasteiger partial charge in [-0.25, -0.2) is 4.79 Å². The van der Waals surface area contributed by atoms with Crippen LogP contribution in [0.3, 0.4) is 0 Å². The first kappa shape index (κ1) is 17.7. The van der Waals surface area contributed by atoms with Crippen LogP contribution >= 0.6 is 0 Å². The summed E-state index contributed by atoms with van der Waals surface area (Å²) < 4.78 is 10.1. The Morgan fingerprint density at radius 1 is 0.800 bits per heavy atom. The van der Waals surface area contributed by atoms with Crippen molar-refractivity contribution in [3.8, 4) is 0 Å². The zero-order valence-electron chi connectivity index (χ0n) is 12.5. The number of allylic oxidation sites excluding steroid dienone is 11. The lowest BCUT2D eigenvalue weighted by atomic mass is 10.4. The molecule has 0 N–H and O–H groups in total. The third kappa shape index (κ3) is 9.71. The molecule has 0 radical (unpaired) electrons. The molecule has 0 aliphatic carbocycles. The maximum absolute atomic E-state index is 11.6. The molecule has 0 fully saturated rings. The summed E-state index contributed by atoms with van der Waals surface area (Å²) in [5.74, 6) is 0.884. The molecular weight excluding hydrogens is 252 g/mol. The monoisotopic (exact) mass is 274 g/mol. The van der Waals surface area contributed by atoms with E-state index in [0.717, 1.165) is 0 Å². The summed E-state index contributed by atoms with van der Waals surface area (Å²) >= 11 is 0. The van der Waals surface area contributed by atoms with Crippen molar-refractivity contribution in [2.75, 3.05) is 0 Å². The molecule has 0 bridgehead atoms. The van der Waals surface area contributed by atoms with Gasteiger partial charge in [0.25, 0.3) is 0 Å². The first-order valence-electron chi connectivity index (χ1n) is 6.45. The van der Waals surface area contributed by atoms with Crippen LogP contribution in [0.2, 0.25) is 0 Å². The molecule has 0 aliphatic rings. The topological polar surface area (TPSA) is 35.5 Å². The van der Waals surface area contributed by atoms with Crippen molar-refractivity contribution in [1.29, 1.82) is 0 Å². The second-order valence-corrected chi connectivity index (χ2v) is 3.74. The van der Waals surface area contributed by atoms with Gasteiger partial charge in [0, 0.05) is 0 Å². The van der Waals surface area contributed by atoms with Crippen LogP contribution in [0.5, 0.6) is 0 Å². The minimum atomic E-state index is -0.757. The maximum Gasteiger partial charge on any atom is 0.519 e. The van der Waals surface area contributed by atoms with Crippen LogP contribution in [0.4, 0.5) is 4.79 Å². The predicted octanol–water partition coefficient (Wildman–Crippen LogP) is 5.21. The summed E-state index contributed by atoms with van der Waals surface area (Å²) in [4.78, 5) is 11.6. The van der Waals surface area contributed by atoms with Gasteiger partial charge >= 0.3 is 6.16 Å². The van der Waals surface area contributed by atoms with E-state index in [1.165, 1.54) is 0 Å². The molecule has 3 nitrogen and oxygen atoms in total. The molecule has 0 saturated heterocycles. The van der Waals surface area contributed by atoms with Crippen LogP contribution in [-0.4, -0.2) is 6.16 Å². The average Bonchev–Trinajstić information content (AvgIpc) is 2.41. The molecule has 0 spiro atoms. The SMILES string of the molecule is C\C=C/C=C\C=C(/C)OC(=O)OC(/C=C\C)=C/C=C\C. The fourth-order valence-corrected chi connectivity index (χ4v) is 1.13. The molecule has 0 heterocycles. The highest BCUT2D eigenvalue weighted by molar-refractivity contribution is 5.63. The molecule has 0 aromatic carbocycles. The number of hydrogen-bond donors (Lipinski definition) is 0. The number of rotatable bonds is 6.